The summed E-state index contributed by atoms with van der Waals surface area (Å²) in [6.45, 7) is 2.00. The minimum Gasteiger partial charge on any atom is -0.480 e. The predicted octanol–water partition coefficient (Wildman–Crippen LogP) is 1.36. The Balaban J connectivity index is 1.67. The zero-order valence-electron chi connectivity index (χ0n) is 17.9. The van der Waals surface area contributed by atoms with Gasteiger partial charge in [0, 0.05) is 13.1 Å². The fourth-order valence-electron chi connectivity index (χ4n) is 3.21. The third kappa shape index (κ3) is 5.56. The molecule has 0 aliphatic carbocycles. The second kappa shape index (κ2) is 9.83. The summed E-state index contributed by atoms with van der Waals surface area (Å²) in [4.78, 5) is 30.3. The van der Waals surface area contributed by atoms with Crippen molar-refractivity contribution in [2.75, 3.05) is 31.7 Å². The van der Waals surface area contributed by atoms with E-state index >= 15 is 0 Å². The van der Waals surface area contributed by atoms with E-state index in [4.69, 9.17) is 9.47 Å². The molecule has 1 aromatic heterocycles. The molecule has 1 N–H and O–H groups in total. The zero-order valence-corrected chi connectivity index (χ0v) is 18.7. The van der Waals surface area contributed by atoms with Crippen molar-refractivity contribution in [3.8, 4) is 11.9 Å². The monoisotopic (exact) mass is 476 g/mol. The van der Waals surface area contributed by atoms with Crippen LogP contribution in [0.3, 0.4) is 0 Å². The lowest BCUT2D eigenvalue weighted by Crippen LogP contribution is -2.55. The van der Waals surface area contributed by atoms with Crippen LogP contribution in [-0.2, 0) is 25.3 Å². The van der Waals surface area contributed by atoms with Gasteiger partial charge in [-0.1, -0.05) is 12.1 Å². The number of hydrogen-bond acceptors (Lipinski definition) is 9. The first kappa shape index (κ1) is 23.9. The number of methoxy groups -OCH3 is 1. The number of nitrogens with zero attached hydrogens (tertiary/aromatic N) is 3. The molecule has 2 aromatic rings. The maximum Gasteiger partial charge on any atom is 0.343 e. The molecule has 174 valence electrons. The molecule has 10 nitrogen and oxygen atoms in total. The number of aromatic nitrogens is 1. The number of carbonyl (C=O) groups excluding carboxylic acids is 2. The number of pyridine rings is 1. The number of esters is 1. The number of benzene rings is 1. The summed E-state index contributed by atoms with van der Waals surface area (Å²) in [7, 11) is -2.66. The van der Waals surface area contributed by atoms with Gasteiger partial charge >= 0.3 is 5.97 Å². The molecule has 12 heteroatoms. The van der Waals surface area contributed by atoms with E-state index in [2.05, 4.69) is 4.98 Å². The molecule has 1 aliphatic rings. The van der Waals surface area contributed by atoms with Crippen LogP contribution < -0.4 is 14.4 Å². The average molecular weight is 476 g/mol. The molecule has 2 heterocycles. The van der Waals surface area contributed by atoms with Crippen LogP contribution in [0.1, 0.15) is 28.4 Å². The van der Waals surface area contributed by atoms with Crippen molar-refractivity contribution >= 4 is 27.7 Å². The molecule has 3 rings (SSSR count). The van der Waals surface area contributed by atoms with Gasteiger partial charge in [0.25, 0.3) is 0 Å². The Hall–Kier alpha value is -3.72. The molecule has 1 aliphatic heterocycles. The van der Waals surface area contributed by atoms with E-state index in [-0.39, 0.29) is 42.5 Å². The minimum atomic E-state index is -3.97. The Morgan fingerprint density at radius 3 is 2.55 bits per heavy atom. The van der Waals surface area contributed by atoms with Gasteiger partial charge in [-0.3, -0.25) is 9.52 Å². The number of halogens is 1. The topological polar surface area (TPSA) is 139 Å². The zero-order chi connectivity index (χ0) is 24.2. The molecular weight excluding hydrogens is 455 g/mol. The molecule has 0 bridgehead atoms. The van der Waals surface area contributed by atoms with Crippen molar-refractivity contribution in [2.45, 2.75) is 12.7 Å². The quantitative estimate of drug-likeness (QED) is 0.560. The van der Waals surface area contributed by atoms with Crippen LogP contribution >= 0.6 is 0 Å². The lowest BCUT2D eigenvalue weighted by molar-refractivity contribution is -0.123. The van der Waals surface area contributed by atoms with Crippen molar-refractivity contribution in [1.82, 2.24) is 9.71 Å². The Morgan fingerprint density at radius 2 is 1.97 bits per heavy atom. The van der Waals surface area contributed by atoms with Gasteiger partial charge in [0.1, 0.15) is 17.4 Å². The highest BCUT2D eigenvalue weighted by Crippen LogP contribution is 2.31. The summed E-state index contributed by atoms with van der Waals surface area (Å²) >= 11 is 0. The number of anilines is 1. The van der Waals surface area contributed by atoms with Crippen LogP contribution in [0, 0.1) is 23.1 Å². The van der Waals surface area contributed by atoms with E-state index in [0.717, 1.165) is 12.1 Å². The third-order valence-corrected chi connectivity index (χ3v) is 6.08. The number of hydrogen-bond donors (Lipinski definition) is 1. The van der Waals surface area contributed by atoms with Gasteiger partial charge in [-0.25, -0.2) is 17.6 Å². The first-order valence-corrected chi connectivity index (χ1v) is 11.5. The molecule has 1 aromatic carbocycles. The number of nitrogens with one attached hydrogen (secondary N) is 1. The van der Waals surface area contributed by atoms with E-state index in [1.54, 1.807) is 11.8 Å². The van der Waals surface area contributed by atoms with Crippen LogP contribution in [0.25, 0.3) is 0 Å². The summed E-state index contributed by atoms with van der Waals surface area (Å²) in [5.74, 6) is -2.82. The maximum absolute atomic E-state index is 13.0. The van der Waals surface area contributed by atoms with Crippen LogP contribution in [-0.4, -0.2) is 52.1 Å². The predicted molar refractivity (Wildman–Crippen MR) is 114 cm³/mol. The van der Waals surface area contributed by atoms with Gasteiger partial charge in [0.15, 0.2) is 5.82 Å². The van der Waals surface area contributed by atoms with Gasteiger partial charge in [-0.05, 0) is 30.7 Å². The van der Waals surface area contributed by atoms with Crippen LogP contribution in [0.15, 0.2) is 30.3 Å². The van der Waals surface area contributed by atoms with Crippen LogP contribution in [0.5, 0.6) is 5.88 Å². The SMILES string of the molecule is CCOC(=O)c1cc(C#N)c(N2CC(C(=O)NS(=O)(=O)Cc3ccc(F)cc3)C2)nc1OC. The Bertz CT molecular complexity index is 1200. The average Bonchev–Trinajstić information content (AvgIpc) is 2.73. The Labute approximate surface area is 190 Å². The first-order valence-electron chi connectivity index (χ1n) is 9.87. The summed E-state index contributed by atoms with van der Waals surface area (Å²) in [6, 6.07) is 8.19. The molecule has 0 spiro atoms. The van der Waals surface area contributed by atoms with Crippen molar-refractivity contribution < 1.29 is 31.9 Å². The van der Waals surface area contributed by atoms with Crippen LogP contribution in [0.4, 0.5) is 10.2 Å². The Morgan fingerprint density at radius 1 is 1.30 bits per heavy atom. The molecule has 0 atom stereocenters. The summed E-state index contributed by atoms with van der Waals surface area (Å²) in [5, 5.41) is 9.48. The van der Waals surface area contributed by atoms with E-state index in [0.29, 0.717) is 5.56 Å². The number of nitriles is 1. The molecule has 1 amide bonds. The van der Waals surface area contributed by atoms with Gasteiger partial charge in [-0.2, -0.15) is 10.2 Å². The molecule has 1 saturated heterocycles. The fraction of sp³-hybridized carbons (Fsp3) is 0.333. The molecule has 0 unspecified atom stereocenters. The molecule has 33 heavy (non-hydrogen) atoms. The van der Waals surface area contributed by atoms with E-state index in [9.17, 15) is 27.7 Å². The lowest BCUT2D eigenvalue weighted by Gasteiger charge is -2.39. The number of sulfonamides is 1. The van der Waals surface area contributed by atoms with Crippen molar-refractivity contribution in [1.29, 1.82) is 5.26 Å². The highest BCUT2D eigenvalue weighted by molar-refractivity contribution is 7.89. The van der Waals surface area contributed by atoms with Crippen LogP contribution in [0.2, 0.25) is 0 Å². The van der Waals surface area contributed by atoms with Crippen molar-refractivity contribution in [2.24, 2.45) is 5.92 Å². The third-order valence-electron chi connectivity index (χ3n) is 4.85. The fourth-order valence-corrected chi connectivity index (χ4v) is 4.39. The standard InChI is InChI=1S/C21H21FN4O6S/c1-3-32-21(28)17-8-14(9-23)18(24-20(17)31-2)26-10-15(11-26)19(27)25-33(29,30)12-13-4-6-16(22)7-5-13/h4-8,15H,3,10-12H2,1-2H3,(H,25,27). The van der Waals surface area contributed by atoms with Gasteiger partial charge in [0.2, 0.25) is 21.8 Å². The van der Waals surface area contributed by atoms with Crippen molar-refractivity contribution in [3.63, 3.8) is 0 Å². The highest BCUT2D eigenvalue weighted by atomic mass is 32.2. The second-order valence-corrected chi connectivity index (χ2v) is 8.92. The normalized spacial score (nSPS) is 13.6. The molecular formula is C21H21FN4O6S. The molecule has 0 saturated carbocycles. The summed E-state index contributed by atoms with van der Waals surface area (Å²) < 4.78 is 49.6. The Kier molecular flexibility index (Phi) is 7.13. The number of rotatable bonds is 8. The van der Waals surface area contributed by atoms with E-state index < -0.39 is 39.4 Å². The largest absolute Gasteiger partial charge is 0.480 e. The smallest absolute Gasteiger partial charge is 0.343 e. The first-order chi connectivity index (χ1) is 15.7. The lowest BCUT2D eigenvalue weighted by atomic mass is 9.98. The van der Waals surface area contributed by atoms with E-state index in [1.165, 1.54) is 25.3 Å². The van der Waals surface area contributed by atoms with Crippen molar-refractivity contribution in [3.05, 3.63) is 52.8 Å². The van der Waals surface area contributed by atoms with E-state index in [1.807, 2.05) is 10.8 Å². The number of amides is 1. The second-order valence-electron chi connectivity index (χ2n) is 7.20. The van der Waals surface area contributed by atoms with Gasteiger partial charge < -0.3 is 14.4 Å². The highest BCUT2D eigenvalue weighted by Gasteiger charge is 2.37. The van der Waals surface area contributed by atoms with Gasteiger partial charge in [-0.15, -0.1) is 0 Å². The maximum atomic E-state index is 13.0. The number of carbonyl (C=O) groups is 2. The molecule has 1 fully saturated rings. The summed E-state index contributed by atoms with van der Waals surface area (Å²) in [5.41, 5.74) is 0.423. The molecule has 0 radical (unpaired) electrons. The number of ether oxygens (including phenoxy) is 2. The van der Waals surface area contributed by atoms with Gasteiger partial charge in [0.05, 0.1) is 31.0 Å². The minimum absolute atomic E-state index is 0.00125. The summed E-state index contributed by atoms with van der Waals surface area (Å²) in [6.07, 6.45) is 0.